The molecule has 9 heteroatoms. The predicted molar refractivity (Wildman–Crippen MR) is 139 cm³/mol. The fourth-order valence-corrected chi connectivity index (χ4v) is 3.68. The highest BCUT2D eigenvalue weighted by Gasteiger charge is 2.24. The summed E-state index contributed by atoms with van der Waals surface area (Å²) in [7, 11) is 0. The van der Waals surface area contributed by atoms with Crippen molar-refractivity contribution in [3.63, 3.8) is 0 Å². The topological polar surface area (TPSA) is 89.0 Å². The Morgan fingerprint density at radius 2 is 1.85 bits per heavy atom. The van der Waals surface area contributed by atoms with E-state index in [1.807, 2.05) is 26.8 Å². The molecule has 0 radical (unpaired) electrons. The summed E-state index contributed by atoms with van der Waals surface area (Å²) in [6, 6.07) is 9.33. The molecule has 2 rings (SSSR count). The summed E-state index contributed by atoms with van der Waals surface area (Å²) in [5, 5.41) is 7.36. The van der Waals surface area contributed by atoms with Gasteiger partial charge in [-0.05, 0) is 77.2 Å². The number of benzene rings is 2. The van der Waals surface area contributed by atoms with Crippen molar-refractivity contribution in [1.29, 1.82) is 0 Å². The molecule has 0 heterocycles. The van der Waals surface area contributed by atoms with Gasteiger partial charge in [-0.25, -0.2) is 5.43 Å². The molecule has 2 aromatic carbocycles. The van der Waals surface area contributed by atoms with Crippen LogP contribution in [0, 0.1) is 5.92 Å². The number of hydrogen-bond acceptors (Lipinski definition) is 5. The third kappa shape index (κ3) is 8.33. The van der Waals surface area contributed by atoms with Gasteiger partial charge in [-0.2, -0.15) is 5.10 Å². The van der Waals surface area contributed by atoms with E-state index in [4.69, 9.17) is 21.1 Å². The number of ether oxygens (including phenoxy) is 2. The minimum absolute atomic E-state index is 0.148. The molecular weight excluding hydrogens is 522 g/mol. The number of amides is 2. The number of unbranched alkanes of at least 4 members (excludes halogenated alkanes) is 1. The van der Waals surface area contributed by atoms with Crippen LogP contribution in [0.3, 0.4) is 0 Å². The van der Waals surface area contributed by atoms with Crippen LogP contribution in [0.25, 0.3) is 0 Å². The van der Waals surface area contributed by atoms with Crippen molar-refractivity contribution in [3.05, 3.63) is 57.0 Å². The summed E-state index contributed by atoms with van der Waals surface area (Å²) in [6.45, 7) is 8.77. The van der Waals surface area contributed by atoms with Crippen LogP contribution >= 0.6 is 27.5 Å². The quantitative estimate of drug-likeness (QED) is 0.204. The van der Waals surface area contributed by atoms with Crippen molar-refractivity contribution in [2.24, 2.45) is 11.0 Å². The Morgan fingerprint density at radius 3 is 2.47 bits per heavy atom. The summed E-state index contributed by atoms with van der Waals surface area (Å²) in [5.41, 5.74) is 3.64. The average Bonchev–Trinajstić information content (AvgIpc) is 2.79. The first kappa shape index (κ1) is 27.7. The Morgan fingerprint density at radius 1 is 1.15 bits per heavy atom. The second-order valence-electron chi connectivity index (χ2n) is 7.90. The molecule has 1 unspecified atom stereocenters. The summed E-state index contributed by atoms with van der Waals surface area (Å²) < 4.78 is 12.3. The number of carbonyl (C=O) groups excluding carboxylic acids is 2. The van der Waals surface area contributed by atoms with Crippen LogP contribution in [-0.2, 0) is 4.79 Å². The van der Waals surface area contributed by atoms with Gasteiger partial charge in [0.2, 0.25) is 0 Å². The molecule has 2 amide bonds. The largest absolute Gasteiger partial charge is 0.490 e. The standard InChI is InChI=1S/C25H31BrClN3O4/c1-5-7-12-34-23-20(26)13-17(14-21(23)33-6-2)15-28-30-25(32)22(16(3)4)29-24(31)18-8-10-19(27)11-9-18/h8-11,13-16,22H,5-7,12H2,1-4H3,(H,29,31)(H,30,32)/b28-15-. The summed E-state index contributed by atoms with van der Waals surface area (Å²) >= 11 is 9.40. The summed E-state index contributed by atoms with van der Waals surface area (Å²) in [5.74, 6) is 0.303. The van der Waals surface area contributed by atoms with E-state index in [1.165, 1.54) is 6.21 Å². The minimum Gasteiger partial charge on any atom is -0.490 e. The first-order chi connectivity index (χ1) is 16.3. The summed E-state index contributed by atoms with van der Waals surface area (Å²) in [4.78, 5) is 25.2. The zero-order chi connectivity index (χ0) is 25.1. The van der Waals surface area contributed by atoms with Crippen molar-refractivity contribution < 1.29 is 19.1 Å². The molecule has 0 spiro atoms. The predicted octanol–water partition coefficient (Wildman–Crippen LogP) is 5.58. The van der Waals surface area contributed by atoms with E-state index in [0.717, 1.165) is 17.3 Å². The first-order valence-corrected chi connectivity index (χ1v) is 12.4. The van der Waals surface area contributed by atoms with E-state index in [2.05, 4.69) is 38.7 Å². The number of hydrogen-bond donors (Lipinski definition) is 2. The SMILES string of the molecule is CCCCOc1c(Br)cc(/C=N\NC(=O)C(NC(=O)c2ccc(Cl)cc2)C(C)C)cc1OCC. The lowest BCUT2D eigenvalue weighted by Crippen LogP contribution is -2.48. The molecule has 2 N–H and O–H groups in total. The van der Waals surface area contributed by atoms with Crippen LogP contribution in [0.2, 0.25) is 5.02 Å². The number of nitrogens with one attached hydrogen (secondary N) is 2. The average molecular weight is 553 g/mol. The molecule has 0 bridgehead atoms. The van der Waals surface area contributed by atoms with Crippen molar-refractivity contribution >= 4 is 45.6 Å². The Bertz CT molecular complexity index is 996. The van der Waals surface area contributed by atoms with E-state index in [-0.39, 0.29) is 11.8 Å². The maximum Gasteiger partial charge on any atom is 0.262 e. The molecule has 0 aliphatic carbocycles. The molecule has 2 aromatic rings. The van der Waals surface area contributed by atoms with E-state index in [0.29, 0.717) is 40.9 Å². The number of nitrogens with zero attached hydrogens (tertiary/aromatic N) is 1. The molecular formula is C25H31BrClN3O4. The van der Waals surface area contributed by atoms with Crippen molar-refractivity contribution in [3.8, 4) is 11.5 Å². The van der Waals surface area contributed by atoms with Gasteiger partial charge in [0, 0.05) is 10.6 Å². The highest BCUT2D eigenvalue weighted by Crippen LogP contribution is 2.36. The van der Waals surface area contributed by atoms with Crippen molar-refractivity contribution in [2.75, 3.05) is 13.2 Å². The van der Waals surface area contributed by atoms with Crippen LogP contribution < -0.4 is 20.2 Å². The number of hydrazone groups is 1. The van der Waals surface area contributed by atoms with Crippen LogP contribution in [0.5, 0.6) is 11.5 Å². The van der Waals surface area contributed by atoms with Crippen LogP contribution in [0.1, 0.15) is 56.5 Å². The Hall–Kier alpha value is -2.58. The second-order valence-corrected chi connectivity index (χ2v) is 9.19. The molecule has 1 atom stereocenters. The van der Waals surface area contributed by atoms with E-state index >= 15 is 0 Å². The van der Waals surface area contributed by atoms with Crippen molar-refractivity contribution in [2.45, 2.75) is 46.6 Å². The fourth-order valence-electron chi connectivity index (χ4n) is 2.98. The highest BCUT2D eigenvalue weighted by molar-refractivity contribution is 9.10. The molecule has 0 saturated heterocycles. The van der Waals surface area contributed by atoms with Gasteiger partial charge in [0.1, 0.15) is 6.04 Å². The zero-order valence-electron chi connectivity index (χ0n) is 19.9. The third-order valence-corrected chi connectivity index (χ3v) is 5.65. The van der Waals surface area contributed by atoms with Gasteiger partial charge in [0.25, 0.3) is 11.8 Å². The first-order valence-electron chi connectivity index (χ1n) is 11.2. The minimum atomic E-state index is -0.764. The molecule has 0 aliphatic rings. The molecule has 0 aromatic heterocycles. The maximum atomic E-state index is 12.7. The van der Waals surface area contributed by atoms with Gasteiger partial charge in [-0.1, -0.05) is 38.8 Å². The molecule has 34 heavy (non-hydrogen) atoms. The van der Waals surface area contributed by atoms with Crippen LogP contribution in [-0.4, -0.2) is 37.3 Å². The van der Waals surface area contributed by atoms with E-state index < -0.39 is 11.9 Å². The van der Waals surface area contributed by atoms with Gasteiger partial charge >= 0.3 is 0 Å². The van der Waals surface area contributed by atoms with Gasteiger partial charge in [-0.15, -0.1) is 0 Å². The molecule has 7 nitrogen and oxygen atoms in total. The smallest absolute Gasteiger partial charge is 0.262 e. The van der Waals surface area contributed by atoms with E-state index in [1.54, 1.807) is 30.3 Å². The monoisotopic (exact) mass is 551 g/mol. The van der Waals surface area contributed by atoms with Crippen LogP contribution in [0.15, 0.2) is 46.0 Å². The fraction of sp³-hybridized carbons (Fsp3) is 0.400. The molecule has 0 aliphatic heterocycles. The Labute approximate surface area is 214 Å². The lowest BCUT2D eigenvalue weighted by atomic mass is 10.0. The van der Waals surface area contributed by atoms with Gasteiger partial charge < -0.3 is 14.8 Å². The lowest BCUT2D eigenvalue weighted by Gasteiger charge is -2.20. The third-order valence-electron chi connectivity index (χ3n) is 4.81. The van der Waals surface area contributed by atoms with Crippen molar-refractivity contribution in [1.82, 2.24) is 10.7 Å². The van der Waals surface area contributed by atoms with Gasteiger partial charge in [-0.3, -0.25) is 9.59 Å². The second kappa shape index (κ2) is 14.0. The summed E-state index contributed by atoms with van der Waals surface area (Å²) in [6.07, 6.45) is 3.49. The Balaban J connectivity index is 2.08. The van der Waals surface area contributed by atoms with E-state index in [9.17, 15) is 9.59 Å². The number of rotatable bonds is 12. The Kier molecular flexibility index (Phi) is 11.4. The molecule has 0 fully saturated rings. The van der Waals surface area contributed by atoms with Gasteiger partial charge in [0.15, 0.2) is 11.5 Å². The lowest BCUT2D eigenvalue weighted by molar-refractivity contribution is -0.123. The normalized spacial score (nSPS) is 12.0. The zero-order valence-corrected chi connectivity index (χ0v) is 22.2. The highest BCUT2D eigenvalue weighted by atomic mass is 79.9. The van der Waals surface area contributed by atoms with Crippen LogP contribution in [0.4, 0.5) is 0 Å². The molecule has 184 valence electrons. The molecule has 0 saturated carbocycles. The number of carbonyl (C=O) groups is 2. The maximum absolute atomic E-state index is 12.7. The van der Waals surface area contributed by atoms with Gasteiger partial charge in [0.05, 0.1) is 23.9 Å². The number of halogens is 2.